The van der Waals surface area contributed by atoms with Gasteiger partial charge in [0.1, 0.15) is 0 Å². The molecule has 1 N–H and O–H groups in total. The molecule has 32 heavy (non-hydrogen) atoms. The molecule has 0 unspecified atom stereocenters. The van der Waals surface area contributed by atoms with E-state index in [1.165, 1.54) is 22.8 Å². The predicted molar refractivity (Wildman–Crippen MR) is 116 cm³/mol. The van der Waals surface area contributed by atoms with Crippen LogP contribution in [-0.2, 0) is 23.0 Å². The Bertz CT molecular complexity index is 1440. The topological polar surface area (TPSA) is 120 Å². The van der Waals surface area contributed by atoms with Gasteiger partial charge >= 0.3 is 5.76 Å². The first-order chi connectivity index (χ1) is 15.4. The number of rotatable bonds is 8. The zero-order valence-corrected chi connectivity index (χ0v) is 18.4. The van der Waals surface area contributed by atoms with Gasteiger partial charge in [-0.1, -0.05) is 28.9 Å². The molecule has 2 heterocycles. The Morgan fingerprint density at radius 3 is 2.69 bits per heavy atom. The Labute approximate surface area is 188 Å². The summed E-state index contributed by atoms with van der Waals surface area (Å²) in [5, 5.41) is 4.54. The van der Waals surface area contributed by atoms with E-state index in [2.05, 4.69) is 14.9 Å². The molecule has 1 saturated carbocycles. The highest BCUT2D eigenvalue weighted by molar-refractivity contribution is 7.89. The smallest absolute Gasteiger partial charge is 0.408 e. The third kappa shape index (κ3) is 4.34. The zero-order valence-electron chi connectivity index (χ0n) is 16.8. The number of oxazole rings is 1. The minimum absolute atomic E-state index is 0.0117. The largest absolute Gasteiger partial charge is 0.420 e. The molecule has 0 amide bonds. The SMILES string of the molecule is O=c1oc2cc(S(=O)(=O)NCCc3ccc(Cl)cc3)ccc2n1Cc1noc(C2CC2)n1. The first-order valence-electron chi connectivity index (χ1n) is 10.1. The fourth-order valence-electron chi connectivity index (χ4n) is 3.40. The van der Waals surface area contributed by atoms with Crippen LogP contribution in [0.15, 0.2) is 61.1 Å². The monoisotopic (exact) mass is 474 g/mol. The highest BCUT2D eigenvalue weighted by Crippen LogP contribution is 2.38. The van der Waals surface area contributed by atoms with Crippen molar-refractivity contribution in [2.75, 3.05) is 6.54 Å². The van der Waals surface area contributed by atoms with Gasteiger partial charge in [-0.05, 0) is 49.1 Å². The van der Waals surface area contributed by atoms with Crippen molar-refractivity contribution in [3.63, 3.8) is 0 Å². The molecule has 0 bridgehead atoms. The lowest BCUT2D eigenvalue weighted by Crippen LogP contribution is -2.26. The fourth-order valence-corrected chi connectivity index (χ4v) is 4.57. The van der Waals surface area contributed by atoms with Crippen molar-refractivity contribution in [2.24, 2.45) is 0 Å². The van der Waals surface area contributed by atoms with Gasteiger partial charge in [-0.25, -0.2) is 17.9 Å². The Morgan fingerprint density at radius 1 is 1.16 bits per heavy atom. The quantitative estimate of drug-likeness (QED) is 0.416. The molecule has 166 valence electrons. The highest BCUT2D eigenvalue weighted by Gasteiger charge is 2.29. The van der Waals surface area contributed by atoms with E-state index >= 15 is 0 Å². The molecular weight excluding hydrogens is 456 g/mol. The number of aromatic nitrogens is 3. The summed E-state index contributed by atoms with van der Waals surface area (Å²) in [6.45, 7) is 0.293. The lowest BCUT2D eigenvalue weighted by molar-refractivity contribution is 0.372. The van der Waals surface area contributed by atoms with Crippen molar-refractivity contribution >= 4 is 32.7 Å². The van der Waals surface area contributed by atoms with Crippen LogP contribution in [0.1, 0.15) is 36.0 Å². The average molecular weight is 475 g/mol. The molecule has 0 saturated heterocycles. The van der Waals surface area contributed by atoms with E-state index in [-0.39, 0.29) is 23.6 Å². The molecule has 11 heteroatoms. The second-order valence-corrected chi connectivity index (χ2v) is 9.88. The maximum absolute atomic E-state index is 12.7. The lowest BCUT2D eigenvalue weighted by Gasteiger charge is -2.07. The first-order valence-corrected chi connectivity index (χ1v) is 12.0. The maximum atomic E-state index is 12.7. The molecule has 2 aromatic heterocycles. The minimum Gasteiger partial charge on any atom is -0.408 e. The van der Waals surface area contributed by atoms with Gasteiger partial charge in [0.25, 0.3) is 0 Å². The predicted octanol–water partition coefficient (Wildman–Crippen LogP) is 3.08. The van der Waals surface area contributed by atoms with Crippen LogP contribution >= 0.6 is 11.6 Å². The Balaban J connectivity index is 1.32. The van der Waals surface area contributed by atoms with E-state index in [0.717, 1.165) is 18.4 Å². The number of hydrogen-bond acceptors (Lipinski definition) is 7. The maximum Gasteiger partial charge on any atom is 0.420 e. The second-order valence-electron chi connectivity index (χ2n) is 7.68. The second kappa shape index (κ2) is 8.19. The molecule has 4 aromatic rings. The molecule has 1 fully saturated rings. The molecule has 5 rings (SSSR count). The van der Waals surface area contributed by atoms with Gasteiger partial charge < -0.3 is 8.94 Å². The fraction of sp³-hybridized carbons (Fsp3) is 0.286. The summed E-state index contributed by atoms with van der Waals surface area (Å²) in [7, 11) is -3.78. The van der Waals surface area contributed by atoms with Crippen LogP contribution in [-0.4, -0.2) is 29.7 Å². The summed E-state index contributed by atoms with van der Waals surface area (Å²) >= 11 is 5.86. The van der Waals surface area contributed by atoms with E-state index < -0.39 is 15.8 Å². The van der Waals surface area contributed by atoms with Crippen LogP contribution in [0.3, 0.4) is 0 Å². The molecule has 1 aliphatic rings. The number of sulfonamides is 1. The summed E-state index contributed by atoms with van der Waals surface area (Å²) in [5.74, 6) is 0.646. The van der Waals surface area contributed by atoms with Gasteiger partial charge in [0, 0.05) is 23.6 Å². The number of hydrogen-bond donors (Lipinski definition) is 1. The van der Waals surface area contributed by atoms with Crippen molar-refractivity contribution in [3.8, 4) is 0 Å². The van der Waals surface area contributed by atoms with Crippen molar-refractivity contribution in [3.05, 3.63) is 75.3 Å². The molecule has 1 aliphatic carbocycles. The van der Waals surface area contributed by atoms with E-state index in [1.54, 1.807) is 12.1 Å². The van der Waals surface area contributed by atoms with Crippen molar-refractivity contribution in [1.29, 1.82) is 0 Å². The van der Waals surface area contributed by atoms with Gasteiger partial charge in [0.05, 0.1) is 17.0 Å². The summed E-state index contributed by atoms with van der Waals surface area (Å²) in [4.78, 5) is 16.7. The van der Waals surface area contributed by atoms with Crippen LogP contribution in [0.2, 0.25) is 5.02 Å². The van der Waals surface area contributed by atoms with E-state index in [0.29, 0.717) is 34.6 Å². The summed E-state index contributed by atoms with van der Waals surface area (Å²) < 4.78 is 39.8. The molecule has 9 nitrogen and oxygen atoms in total. The normalized spacial score (nSPS) is 14.3. The van der Waals surface area contributed by atoms with Crippen molar-refractivity contribution in [1.82, 2.24) is 19.4 Å². The molecule has 0 radical (unpaired) electrons. The van der Waals surface area contributed by atoms with E-state index in [9.17, 15) is 13.2 Å². The molecule has 2 aromatic carbocycles. The van der Waals surface area contributed by atoms with Crippen LogP contribution < -0.4 is 10.5 Å². The lowest BCUT2D eigenvalue weighted by atomic mass is 10.2. The van der Waals surface area contributed by atoms with Crippen molar-refractivity contribution < 1.29 is 17.4 Å². The standard InChI is InChI=1S/C21H19ClN4O5S/c22-15-5-1-13(2-6-15)9-10-23-32(28,29)16-7-8-17-18(11-16)30-21(27)26(17)12-19-24-20(31-25-19)14-3-4-14/h1-2,5-8,11,14,23H,3-4,9-10,12H2. The zero-order chi connectivity index (χ0) is 22.3. The van der Waals surface area contributed by atoms with Gasteiger partial charge in [0.2, 0.25) is 15.9 Å². The van der Waals surface area contributed by atoms with E-state index in [1.807, 2.05) is 12.1 Å². The third-order valence-corrected chi connectivity index (χ3v) is 6.99. The van der Waals surface area contributed by atoms with Crippen LogP contribution in [0.5, 0.6) is 0 Å². The number of nitrogens with zero attached hydrogens (tertiary/aromatic N) is 3. The molecular formula is C21H19ClN4O5S. The molecule has 0 spiro atoms. The van der Waals surface area contributed by atoms with Gasteiger partial charge in [-0.2, -0.15) is 4.98 Å². The molecule has 0 aliphatic heterocycles. The number of halogens is 1. The Kier molecular flexibility index (Phi) is 5.36. The Hall–Kier alpha value is -2.95. The third-order valence-electron chi connectivity index (χ3n) is 5.28. The first kappa shape index (κ1) is 20.9. The van der Waals surface area contributed by atoms with Crippen LogP contribution in [0, 0.1) is 0 Å². The van der Waals surface area contributed by atoms with Crippen molar-refractivity contribution in [2.45, 2.75) is 36.6 Å². The van der Waals surface area contributed by atoms with Gasteiger partial charge in [-0.15, -0.1) is 0 Å². The highest BCUT2D eigenvalue weighted by atomic mass is 35.5. The number of nitrogens with one attached hydrogen (secondary N) is 1. The summed E-state index contributed by atoms with van der Waals surface area (Å²) in [5.41, 5.74) is 1.58. The number of fused-ring (bicyclic) bond motifs is 1. The van der Waals surface area contributed by atoms with Gasteiger partial charge in [0.15, 0.2) is 11.4 Å². The molecule has 0 atom stereocenters. The summed E-state index contributed by atoms with van der Waals surface area (Å²) in [6, 6.07) is 11.5. The minimum atomic E-state index is -3.78. The van der Waals surface area contributed by atoms with Crippen LogP contribution in [0.4, 0.5) is 0 Å². The van der Waals surface area contributed by atoms with E-state index in [4.69, 9.17) is 20.5 Å². The van der Waals surface area contributed by atoms with Gasteiger partial charge in [-0.3, -0.25) is 4.57 Å². The average Bonchev–Trinajstić information content (AvgIpc) is 3.43. The summed E-state index contributed by atoms with van der Waals surface area (Å²) in [6.07, 6.45) is 2.57. The Morgan fingerprint density at radius 2 is 1.94 bits per heavy atom. The number of benzene rings is 2. The van der Waals surface area contributed by atoms with Crippen LogP contribution in [0.25, 0.3) is 11.1 Å².